The first-order valence-corrected chi connectivity index (χ1v) is 11.6. The van der Waals surface area contributed by atoms with Gasteiger partial charge >= 0.3 is 0 Å². The topological polar surface area (TPSA) is 30.7 Å². The number of para-hydroxylation sites is 1. The fraction of sp³-hybridized carbons (Fsp3) is 0.286. The van der Waals surface area contributed by atoms with Gasteiger partial charge in [0.2, 0.25) is 0 Å². The molecule has 0 aliphatic heterocycles. The van der Waals surface area contributed by atoms with Gasteiger partial charge in [0.25, 0.3) is 0 Å². The van der Waals surface area contributed by atoms with E-state index in [9.17, 15) is 0 Å². The van der Waals surface area contributed by atoms with E-state index in [1.54, 1.807) is 0 Å². The summed E-state index contributed by atoms with van der Waals surface area (Å²) in [7, 11) is 0. The second-order valence-electron chi connectivity index (χ2n) is 5.25. The van der Waals surface area contributed by atoms with Gasteiger partial charge in [-0.1, -0.05) is 134 Å². The third-order valence-electron chi connectivity index (χ3n) is 3.74. The first-order chi connectivity index (χ1) is 15.4. The Morgan fingerprint density at radius 1 is 0.419 bits per heavy atom. The van der Waals surface area contributed by atoms with E-state index in [4.69, 9.17) is 0 Å². The molecule has 31 heavy (non-hydrogen) atoms. The molecule has 0 saturated carbocycles. The van der Waals surface area contributed by atoms with Crippen molar-refractivity contribution in [1.82, 2.24) is 14.8 Å². The molecule has 0 spiro atoms. The lowest BCUT2D eigenvalue weighted by atomic mass is 10.1. The highest BCUT2D eigenvalue weighted by Crippen LogP contribution is 2.27. The van der Waals surface area contributed by atoms with Crippen molar-refractivity contribution in [2.75, 3.05) is 0 Å². The molecule has 166 valence electrons. The molecule has 0 bridgehead atoms. The van der Waals surface area contributed by atoms with Crippen molar-refractivity contribution in [1.29, 1.82) is 0 Å². The van der Waals surface area contributed by atoms with E-state index >= 15 is 0 Å². The Bertz CT molecular complexity index is 842. The van der Waals surface area contributed by atoms with Gasteiger partial charge in [0.05, 0.1) is 0 Å². The Morgan fingerprint density at radius 3 is 1.03 bits per heavy atom. The Labute approximate surface area is 189 Å². The van der Waals surface area contributed by atoms with Crippen molar-refractivity contribution >= 4 is 0 Å². The van der Waals surface area contributed by atoms with Crippen molar-refractivity contribution in [3.05, 3.63) is 91.0 Å². The quantitative estimate of drug-likeness (QED) is 0.334. The van der Waals surface area contributed by atoms with Crippen molar-refractivity contribution in [2.24, 2.45) is 0 Å². The summed E-state index contributed by atoms with van der Waals surface area (Å²) in [4.78, 5) is 0. The molecule has 0 aliphatic rings. The van der Waals surface area contributed by atoms with E-state index in [1.807, 2.05) is 110 Å². The summed E-state index contributed by atoms with van der Waals surface area (Å²) in [5.41, 5.74) is 3.15. The summed E-state index contributed by atoms with van der Waals surface area (Å²) < 4.78 is 2.10. The summed E-state index contributed by atoms with van der Waals surface area (Å²) >= 11 is 0. The molecule has 0 N–H and O–H groups in total. The molecule has 1 heterocycles. The van der Waals surface area contributed by atoms with Crippen LogP contribution < -0.4 is 0 Å². The molecule has 4 aromatic rings. The second-order valence-corrected chi connectivity index (χ2v) is 5.25. The van der Waals surface area contributed by atoms with Crippen LogP contribution >= 0.6 is 0 Å². The van der Waals surface area contributed by atoms with Gasteiger partial charge in [-0.05, 0) is 12.1 Å². The van der Waals surface area contributed by atoms with E-state index in [1.165, 1.54) is 0 Å². The van der Waals surface area contributed by atoms with E-state index < -0.39 is 0 Å². The van der Waals surface area contributed by atoms with Crippen LogP contribution in [0.15, 0.2) is 91.0 Å². The molecule has 0 radical (unpaired) electrons. The molecule has 4 rings (SSSR count). The molecule has 3 heteroatoms. The monoisotopic (exact) mass is 417 g/mol. The maximum absolute atomic E-state index is 4.45. The van der Waals surface area contributed by atoms with Crippen LogP contribution in [0.3, 0.4) is 0 Å². The Hall–Kier alpha value is -3.20. The van der Waals surface area contributed by atoms with Gasteiger partial charge < -0.3 is 0 Å². The smallest absolute Gasteiger partial charge is 0.168 e. The molecule has 0 unspecified atom stereocenters. The normalized spacial score (nSPS) is 8.65. The summed E-state index contributed by atoms with van der Waals surface area (Å²) in [6.07, 6.45) is 0. The number of benzene rings is 3. The maximum Gasteiger partial charge on any atom is 0.168 e. The lowest BCUT2D eigenvalue weighted by Crippen LogP contribution is -2.00. The number of aromatic nitrogens is 3. The van der Waals surface area contributed by atoms with Gasteiger partial charge in [-0.15, -0.1) is 10.2 Å². The minimum atomic E-state index is 0.843. The molecular weight excluding hydrogens is 378 g/mol. The Kier molecular flexibility index (Phi) is 15.8. The highest BCUT2D eigenvalue weighted by molar-refractivity contribution is 5.66. The zero-order valence-corrected chi connectivity index (χ0v) is 20.5. The average molecular weight is 418 g/mol. The molecule has 0 saturated heterocycles. The number of hydrogen-bond donors (Lipinski definition) is 0. The summed E-state index contributed by atoms with van der Waals surface area (Å²) in [5.74, 6) is 1.69. The summed E-state index contributed by atoms with van der Waals surface area (Å²) in [5, 5.41) is 8.90. The van der Waals surface area contributed by atoms with Gasteiger partial charge in [-0.2, -0.15) is 0 Å². The predicted molar refractivity (Wildman–Crippen MR) is 138 cm³/mol. The lowest BCUT2D eigenvalue weighted by molar-refractivity contribution is 1.07. The van der Waals surface area contributed by atoms with Gasteiger partial charge in [-0.25, -0.2) is 0 Å². The SMILES string of the molecule is CC.CC.CC.CC.c1ccc(-c2nnc(-c3ccccc3)n2-c2ccccc2)cc1. The largest absolute Gasteiger partial charge is 0.275 e. The van der Waals surface area contributed by atoms with Gasteiger partial charge in [-0.3, -0.25) is 4.57 Å². The maximum atomic E-state index is 4.45. The summed E-state index contributed by atoms with van der Waals surface area (Å²) in [6, 6.07) is 30.5. The van der Waals surface area contributed by atoms with Crippen molar-refractivity contribution in [3.8, 4) is 28.5 Å². The molecule has 0 aliphatic carbocycles. The summed E-state index contributed by atoms with van der Waals surface area (Å²) in [6.45, 7) is 16.0. The first-order valence-electron chi connectivity index (χ1n) is 11.6. The average Bonchev–Trinajstić information content (AvgIpc) is 3.36. The van der Waals surface area contributed by atoms with Gasteiger partial charge in [0, 0.05) is 16.8 Å². The van der Waals surface area contributed by atoms with Crippen molar-refractivity contribution in [2.45, 2.75) is 55.4 Å². The number of hydrogen-bond acceptors (Lipinski definition) is 2. The third kappa shape index (κ3) is 7.86. The first kappa shape index (κ1) is 27.8. The fourth-order valence-corrected chi connectivity index (χ4v) is 2.65. The van der Waals surface area contributed by atoms with Crippen molar-refractivity contribution in [3.63, 3.8) is 0 Å². The molecular formula is C28H39N3. The molecule has 0 amide bonds. The minimum absolute atomic E-state index is 0.843. The molecule has 3 nitrogen and oxygen atoms in total. The molecule has 0 fully saturated rings. The minimum Gasteiger partial charge on any atom is -0.275 e. The van der Waals surface area contributed by atoms with Crippen LogP contribution in [0.5, 0.6) is 0 Å². The Balaban J connectivity index is 0.00000102. The van der Waals surface area contributed by atoms with Crippen LogP contribution in [-0.2, 0) is 0 Å². The zero-order chi connectivity index (χ0) is 23.5. The van der Waals surface area contributed by atoms with E-state index in [-0.39, 0.29) is 0 Å². The van der Waals surface area contributed by atoms with E-state index in [0.717, 1.165) is 28.5 Å². The number of rotatable bonds is 3. The molecule has 3 aromatic carbocycles. The van der Waals surface area contributed by atoms with Gasteiger partial charge in [0.15, 0.2) is 11.6 Å². The highest BCUT2D eigenvalue weighted by atomic mass is 15.3. The third-order valence-corrected chi connectivity index (χ3v) is 3.74. The highest BCUT2D eigenvalue weighted by Gasteiger charge is 2.16. The van der Waals surface area contributed by atoms with Crippen LogP contribution in [0.2, 0.25) is 0 Å². The van der Waals surface area contributed by atoms with E-state index in [2.05, 4.69) is 51.2 Å². The zero-order valence-electron chi connectivity index (χ0n) is 20.5. The van der Waals surface area contributed by atoms with Crippen LogP contribution in [0.1, 0.15) is 55.4 Å². The number of nitrogens with zero attached hydrogens (tertiary/aromatic N) is 3. The van der Waals surface area contributed by atoms with Crippen molar-refractivity contribution < 1.29 is 0 Å². The van der Waals surface area contributed by atoms with Crippen LogP contribution in [0, 0.1) is 0 Å². The second kappa shape index (κ2) is 17.6. The fourth-order valence-electron chi connectivity index (χ4n) is 2.65. The Morgan fingerprint density at radius 2 is 0.710 bits per heavy atom. The van der Waals surface area contributed by atoms with E-state index in [0.29, 0.717) is 0 Å². The van der Waals surface area contributed by atoms with Crippen LogP contribution in [0.4, 0.5) is 0 Å². The van der Waals surface area contributed by atoms with Crippen LogP contribution in [-0.4, -0.2) is 14.8 Å². The molecule has 1 aromatic heterocycles. The lowest BCUT2D eigenvalue weighted by Gasteiger charge is -2.10. The predicted octanol–water partition coefficient (Wildman–Crippen LogP) is 8.71. The standard InChI is InChI=1S/C20H15N3.4C2H6/c1-4-10-16(11-5-1)19-21-22-20(17-12-6-2-7-13-17)23(19)18-14-8-3-9-15-18;4*1-2/h1-15H;4*1-2H3. The molecule has 0 atom stereocenters. The van der Waals surface area contributed by atoms with Gasteiger partial charge in [0.1, 0.15) is 0 Å². The van der Waals surface area contributed by atoms with Crippen LogP contribution in [0.25, 0.3) is 28.5 Å².